The second kappa shape index (κ2) is 18.0. The maximum Gasteiger partial charge on any atom is 0.182 e. The lowest BCUT2D eigenvalue weighted by atomic mass is 10.1. The summed E-state index contributed by atoms with van der Waals surface area (Å²) in [5.74, 6) is 0. The molecule has 57 heavy (non-hydrogen) atoms. The SMILES string of the molecule is C(=C\c1ccccc1[Si](c1ccccc1/C=C/c1ccccc1)(c1ccccc1/C=C/c1ccccc1)c1ccccc1/C=C/c1ccccc1)/c1ccccc1. The predicted octanol–water partition coefficient (Wildman–Crippen LogP) is 11.7. The van der Waals surface area contributed by atoms with Gasteiger partial charge in [-0.05, 0) is 65.3 Å². The van der Waals surface area contributed by atoms with Crippen LogP contribution >= 0.6 is 0 Å². The van der Waals surface area contributed by atoms with Gasteiger partial charge in [-0.25, -0.2) is 0 Å². The monoisotopic (exact) mass is 744 g/mol. The van der Waals surface area contributed by atoms with Gasteiger partial charge in [0.2, 0.25) is 0 Å². The van der Waals surface area contributed by atoms with Crippen LogP contribution in [0, 0.1) is 0 Å². The van der Waals surface area contributed by atoms with E-state index in [1.54, 1.807) is 0 Å². The van der Waals surface area contributed by atoms with Gasteiger partial charge in [-0.2, -0.15) is 0 Å². The van der Waals surface area contributed by atoms with Crippen LogP contribution < -0.4 is 20.7 Å². The van der Waals surface area contributed by atoms with Crippen LogP contribution in [0.3, 0.4) is 0 Å². The normalized spacial score (nSPS) is 11.9. The zero-order chi connectivity index (χ0) is 38.5. The van der Waals surface area contributed by atoms with Crippen molar-refractivity contribution in [2.75, 3.05) is 0 Å². The molecule has 0 radical (unpaired) electrons. The molecular weight excluding hydrogens is 701 g/mol. The molecule has 0 aliphatic heterocycles. The minimum Gasteiger partial charge on any atom is -0.0623 e. The molecule has 8 rings (SSSR count). The molecule has 1 heteroatoms. The first-order valence-corrected chi connectivity index (χ1v) is 21.6. The van der Waals surface area contributed by atoms with Crippen molar-refractivity contribution in [1.29, 1.82) is 0 Å². The third kappa shape index (κ3) is 8.45. The van der Waals surface area contributed by atoms with Crippen molar-refractivity contribution in [3.63, 3.8) is 0 Å². The van der Waals surface area contributed by atoms with Crippen molar-refractivity contribution in [2.45, 2.75) is 0 Å². The van der Waals surface area contributed by atoms with E-state index in [-0.39, 0.29) is 0 Å². The molecule has 0 amide bonds. The van der Waals surface area contributed by atoms with Crippen molar-refractivity contribution >= 4 is 77.4 Å². The second-order valence-electron chi connectivity index (χ2n) is 14.1. The Kier molecular flexibility index (Phi) is 11.7. The lowest BCUT2D eigenvalue weighted by Gasteiger charge is -2.38. The van der Waals surface area contributed by atoms with E-state index in [0.29, 0.717) is 0 Å². The van der Waals surface area contributed by atoms with Crippen LogP contribution in [-0.4, -0.2) is 8.07 Å². The first kappa shape index (κ1) is 36.9. The fourth-order valence-electron chi connectivity index (χ4n) is 7.81. The minimum atomic E-state index is -3.24. The molecule has 272 valence electrons. The maximum absolute atomic E-state index is 3.24. The number of hydrogen-bond acceptors (Lipinski definition) is 0. The Morgan fingerprint density at radius 2 is 0.386 bits per heavy atom. The van der Waals surface area contributed by atoms with Crippen LogP contribution in [0.25, 0.3) is 48.6 Å². The summed E-state index contributed by atoms with van der Waals surface area (Å²) in [5.41, 5.74) is 9.51. The lowest BCUT2D eigenvalue weighted by molar-refractivity contribution is 1.61. The lowest BCUT2D eigenvalue weighted by Crippen LogP contribution is -2.76. The van der Waals surface area contributed by atoms with Crippen molar-refractivity contribution < 1.29 is 0 Å². The van der Waals surface area contributed by atoms with Crippen LogP contribution in [0.2, 0.25) is 0 Å². The summed E-state index contributed by atoms with van der Waals surface area (Å²) in [7, 11) is -3.24. The van der Waals surface area contributed by atoms with E-state index in [2.05, 4.69) is 267 Å². The average Bonchev–Trinajstić information content (AvgIpc) is 3.29. The molecule has 0 atom stereocenters. The Morgan fingerprint density at radius 3 is 0.614 bits per heavy atom. The van der Waals surface area contributed by atoms with Crippen LogP contribution in [0.4, 0.5) is 0 Å². The Bertz CT molecular complexity index is 2270. The van der Waals surface area contributed by atoms with Crippen LogP contribution in [0.1, 0.15) is 44.5 Å². The molecule has 0 spiro atoms. The van der Waals surface area contributed by atoms with Crippen molar-refractivity contribution in [3.8, 4) is 0 Å². The molecule has 0 saturated heterocycles. The highest BCUT2D eigenvalue weighted by molar-refractivity contribution is 7.21. The van der Waals surface area contributed by atoms with Crippen molar-refractivity contribution in [3.05, 3.63) is 263 Å². The van der Waals surface area contributed by atoms with E-state index in [9.17, 15) is 0 Å². The van der Waals surface area contributed by atoms with E-state index < -0.39 is 8.07 Å². The molecule has 8 aromatic rings. The molecule has 0 unspecified atom stereocenters. The fraction of sp³-hybridized carbons (Fsp3) is 0. The summed E-state index contributed by atoms with van der Waals surface area (Å²) in [6.07, 6.45) is 18.3. The van der Waals surface area contributed by atoms with E-state index in [1.807, 2.05) is 0 Å². The van der Waals surface area contributed by atoms with Crippen molar-refractivity contribution in [2.24, 2.45) is 0 Å². The quantitative estimate of drug-likeness (QED) is 0.0664. The first-order valence-electron chi connectivity index (χ1n) is 19.6. The van der Waals surface area contributed by atoms with Gasteiger partial charge in [0, 0.05) is 0 Å². The molecule has 0 bridgehead atoms. The molecule has 8 aromatic carbocycles. The maximum atomic E-state index is 2.39. The Hall–Kier alpha value is -7.06. The molecular formula is C56H44Si. The summed E-state index contributed by atoms with van der Waals surface area (Å²) < 4.78 is 0. The van der Waals surface area contributed by atoms with E-state index in [4.69, 9.17) is 0 Å². The molecule has 0 aliphatic carbocycles. The van der Waals surface area contributed by atoms with Gasteiger partial charge in [0.1, 0.15) is 0 Å². The molecule has 0 fully saturated rings. The topological polar surface area (TPSA) is 0 Å². The molecule has 0 N–H and O–H groups in total. The summed E-state index contributed by atoms with van der Waals surface area (Å²) in [6.45, 7) is 0. The van der Waals surface area contributed by atoms with Gasteiger partial charge in [0.25, 0.3) is 0 Å². The van der Waals surface area contributed by atoms with E-state index in [1.165, 1.54) is 65.3 Å². The predicted molar refractivity (Wildman–Crippen MR) is 252 cm³/mol. The number of hydrogen-bond donors (Lipinski definition) is 0. The highest BCUT2D eigenvalue weighted by Gasteiger charge is 2.45. The fourth-order valence-corrected chi connectivity index (χ4v) is 13.3. The van der Waals surface area contributed by atoms with E-state index >= 15 is 0 Å². The Morgan fingerprint density at radius 1 is 0.193 bits per heavy atom. The first-order chi connectivity index (χ1) is 28.3. The van der Waals surface area contributed by atoms with Crippen molar-refractivity contribution in [1.82, 2.24) is 0 Å². The zero-order valence-corrected chi connectivity index (χ0v) is 32.9. The Balaban J connectivity index is 1.48. The van der Waals surface area contributed by atoms with Crippen LogP contribution in [0.15, 0.2) is 218 Å². The summed E-state index contributed by atoms with van der Waals surface area (Å²) >= 11 is 0. The van der Waals surface area contributed by atoms with Crippen LogP contribution in [-0.2, 0) is 0 Å². The molecule has 0 saturated carbocycles. The largest absolute Gasteiger partial charge is 0.182 e. The molecule has 0 aliphatic rings. The second-order valence-corrected chi connectivity index (χ2v) is 17.7. The highest BCUT2D eigenvalue weighted by Crippen LogP contribution is 2.22. The molecule has 0 nitrogen and oxygen atoms in total. The number of rotatable bonds is 12. The van der Waals surface area contributed by atoms with Gasteiger partial charge < -0.3 is 0 Å². The highest BCUT2D eigenvalue weighted by atomic mass is 28.3. The van der Waals surface area contributed by atoms with Gasteiger partial charge in [-0.15, -0.1) is 0 Å². The average molecular weight is 745 g/mol. The molecule has 0 aromatic heterocycles. The summed E-state index contributed by atoms with van der Waals surface area (Å²) in [6, 6.07) is 78.8. The standard InChI is InChI=1S/C56H44Si/c1-5-21-45(22-6-1)37-41-49-29-13-17-33-53(49)57(54-34-18-14-30-50(54)42-38-46-23-7-2-8-24-46,55-35-19-15-31-51(55)43-39-47-25-9-3-10-26-47)56-36-20-16-32-52(56)44-40-48-27-11-4-12-28-48/h1-44H/b41-37+,42-38+,43-39+,44-40+. The van der Waals surface area contributed by atoms with Gasteiger partial charge >= 0.3 is 0 Å². The third-order valence-corrected chi connectivity index (χ3v) is 15.5. The van der Waals surface area contributed by atoms with Gasteiger partial charge in [-0.1, -0.05) is 267 Å². The number of benzene rings is 8. The third-order valence-electron chi connectivity index (χ3n) is 10.5. The van der Waals surface area contributed by atoms with Gasteiger partial charge in [0.15, 0.2) is 8.07 Å². The van der Waals surface area contributed by atoms with Crippen LogP contribution in [0.5, 0.6) is 0 Å². The molecule has 0 heterocycles. The zero-order valence-electron chi connectivity index (χ0n) is 31.9. The summed E-state index contributed by atoms with van der Waals surface area (Å²) in [5, 5.41) is 5.33. The summed E-state index contributed by atoms with van der Waals surface area (Å²) in [4.78, 5) is 0. The smallest absolute Gasteiger partial charge is 0.0623 e. The van der Waals surface area contributed by atoms with E-state index in [0.717, 1.165) is 0 Å². The Labute approximate surface area is 338 Å². The minimum absolute atomic E-state index is 1.17. The van der Waals surface area contributed by atoms with Gasteiger partial charge in [-0.3, -0.25) is 0 Å². The van der Waals surface area contributed by atoms with Gasteiger partial charge in [0.05, 0.1) is 0 Å².